The van der Waals surface area contributed by atoms with Crippen molar-refractivity contribution < 1.29 is 17.9 Å². The summed E-state index contributed by atoms with van der Waals surface area (Å²) in [5.41, 5.74) is 5.53. The summed E-state index contributed by atoms with van der Waals surface area (Å²) >= 11 is 6.01. The number of hydrogen-bond acceptors (Lipinski definition) is 6. The van der Waals surface area contributed by atoms with Crippen molar-refractivity contribution in [3.8, 4) is 0 Å². The Balaban J connectivity index is 1.91. The van der Waals surface area contributed by atoms with Gasteiger partial charge in [0, 0.05) is 34.4 Å². The molecule has 1 heterocycles. The summed E-state index contributed by atoms with van der Waals surface area (Å²) in [4.78, 5) is 16.3. The van der Waals surface area contributed by atoms with Gasteiger partial charge >= 0.3 is 5.97 Å². The molecule has 0 bridgehead atoms. The normalized spacial score (nSPS) is 11.8. The molecule has 0 amide bonds. The summed E-state index contributed by atoms with van der Waals surface area (Å²) in [6.07, 6.45) is 2.90. The van der Waals surface area contributed by atoms with E-state index in [1.165, 1.54) is 36.7 Å². The van der Waals surface area contributed by atoms with Gasteiger partial charge < -0.3 is 10.5 Å². The zero-order valence-electron chi connectivity index (χ0n) is 17.6. The van der Waals surface area contributed by atoms with Crippen molar-refractivity contribution in [1.82, 2.24) is 4.98 Å². The van der Waals surface area contributed by atoms with E-state index in [0.29, 0.717) is 16.5 Å². The number of carbonyl (C=O) groups is 1. The van der Waals surface area contributed by atoms with Gasteiger partial charge in [0.15, 0.2) is 0 Å². The van der Waals surface area contributed by atoms with Crippen molar-refractivity contribution in [2.24, 2.45) is 5.73 Å². The fourth-order valence-corrected chi connectivity index (χ4v) is 4.07. The average Bonchev–Trinajstić information content (AvgIpc) is 2.71. The molecule has 0 atom stereocenters. The number of sulfonamides is 1. The van der Waals surface area contributed by atoms with Crippen LogP contribution < -0.4 is 14.9 Å². The van der Waals surface area contributed by atoms with Crippen molar-refractivity contribution in [3.05, 3.63) is 60.4 Å². The van der Waals surface area contributed by atoms with Crippen LogP contribution in [-0.2, 0) is 14.8 Å². The lowest BCUT2D eigenvalue weighted by Crippen LogP contribution is -2.28. The number of nitrogens with two attached hydrogens (primary N) is 1. The summed E-state index contributed by atoms with van der Waals surface area (Å²) in [5.74, 6) is -0.955. The minimum Gasteiger partial charge on any atom is -0.456 e. The van der Waals surface area contributed by atoms with Gasteiger partial charge in [-0.05, 0) is 51.1 Å². The topological polar surface area (TPSA) is 138 Å². The second-order valence-corrected chi connectivity index (χ2v) is 9.92. The third-order valence-electron chi connectivity index (χ3n) is 4.19. The zero-order chi connectivity index (χ0) is 23.7. The highest BCUT2D eigenvalue weighted by Gasteiger charge is 2.20. The van der Waals surface area contributed by atoms with Gasteiger partial charge in [-0.1, -0.05) is 12.1 Å². The summed E-state index contributed by atoms with van der Waals surface area (Å²) in [5, 5.41) is 8.53. The van der Waals surface area contributed by atoms with E-state index >= 15 is 0 Å². The molecule has 168 valence electrons. The van der Waals surface area contributed by atoms with Crippen LogP contribution in [0, 0.1) is 5.41 Å². The molecule has 32 heavy (non-hydrogen) atoms. The van der Waals surface area contributed by atoms with Crippen LogP contribution in [0.2, 0.25) is 0 Å². The molecule has 3 aromatic rings. The van der Waals surface area contributed by atoms with Gasteiger partial charge in [0.25, 0.3) is 10.0 Å². The minimum absolute atomic E-state index is 0.0180. The molecule has 2 aromatic carbocycles. The smallest absolute Gasteiger partial charge is 0.338 e. The number of esters is 1. The molecule has 0 aliphatic heterocycles. The van der Waals surface area contributed by atoms with Crippen LogP contribution in [0.15, 0.2) is 59.8 Å². The number of carbonyl (C=O) groups excluding carboxylic acids is 1. The molecule has 1 aromatic heterocycles. The zero-order valence-corrected chi connectivity index (χ0v) is 19.2. The van der Waals surface area contributed by atoms with Gasteiger partial charge in [-0.25, -0.2) is 17.6 Å². The molecular weight excluding hydrogens is 454 g/mol. The van der Waals surface area contributed by atoms with E-state index in [-0.39, 0.29) is 16.1 Å². The Bertz CT molecular complexity index is 1310. The molecule has 0 radical (unpaired) electrons. The Morgan fingerprint density at radius 1 is 1.19 bits per heavy atom. The number of ether oxygens (including phenoxy) is 1. The van der Waals surface area contributed by atoms with Crippen LogP contribution in [0.3, 0.4) is 0 Å². The van der Waals surface area contributed by atoms with Crippen LogP contribution in [0.1, 0.15) is 31.1 Å². The van der Waals surface area contributed by atoms with Crippen LogP contribution in [0.5, 0.6) is 0 Å². The lowest BCUT2D eigenvalue weighted by Gasteiger charge is -2.19. The van der Waals surface area contributed by atoms with Gasteiger partial charge in [0.05, 0.1) is 22.3 Å². The number of fused-ring (bicyclic) bond motifs is 1. The van der Waals surface area contributed by atoms with E-state index in [2.05, 4.69) is 9.71 Å². The lowest BCUT2D eigenvalue weighted by atomic mass is 10.1. The summed E-state index contributed by atoms with van der Waals surface area (Å²) < 4.78 is 34.6. The number of nitrogens with one attached hydrogen (secondary N) is 2. The van der Waals surface area contributed by atoms with Crippen LogP contribution >= 0.6 is 11.8 Å². The van der Waals surface area contributed by atoms with Gasteiger partial charge in [-0.3, -0.25) is 15.1 Å². The highest BCUT2D eigenvalue weighted by molar-refractivity contribution is 7.92. The van der Waals surface area contributed by atoms with E-state index in [4.69, 9.17) is 27.7 Å². The van der Waals surface area contributed by atoms with Crippen molar-refractivity contribution in [1.29, 1.82) is 5.41 Å². The molecular formula is C21H22ClN5O4S. The van der Waals surface area contributed by atoms with Gasteiger partial charge in [-0.15, -0.1) is 0 Å². The highest BCUT2D eigenvalue weighted by Crippen LogP contribution is 2.29. The Hall–Kier alpha value is -3.37. The molecule has 0 fully saturated rings. The summed E-state index contributed by atoms with van der Waals surface area (Å²) in [7, 11) is -3.98. The Morgan fingerprint density at radius 2 is 1.91 bits per heavy atom. The van der Waals surface area contributed by atoms with E-state index in [1.54, 1.807) is 39.0 Å². The SMILES string of the molecule is CC(C)(C)OC(=O)c1cccc(NS(=O)(=O)c2ccc3c(N(Cl)C(=N)N)cncc3c2)c1. The van der Waals surface area contributed by atoms with Gasteiger partial charge in [0.2, 0.25) is 5.96 Å². The standard InChI is InChI=1S/C21H22ClN5O4S/c1-21(2,3)31-19(28)13-5-4-6-15(9-13)26-32(29,30)16-7-8-17-14(10-16)11-25-12-18(17)27(22)20(23)24/h4-12,26H,1-3H3,(H3,23,24). The van der Waals surface area contributed by atoms with Crippen LogP contribution in [0.25, 0.3) is 10.8 Å². The number of guanidine groups is 1. The number of anilines is 2. The molecule has 0 spiro atoms. The fourth-order valence-electron chi connectivity index (χ4n) is 2.85. The molecule has 0 saturated carbocycles. The van der Waals surface area contributed by atoms with E-state index in [1.807, 2.05) is 0 Å². The number of halogens is 1. The third-order valence-corrected chi connectivity index (χ3v) is 5.94. The molecule has 0 saturated heterocycles. The fraction of sp³-hybridized carbons (Fsp3) is 0.190. The number of nitrogens with zero attached hydrogens (tertiary/aromatic N) is 2. The molecule has 11 heteroatoms. The molecule has 9 nitrogen and oxygen atoms in total. The van der Waals surface area contributed by atoms with Crippen molar-refractivity contribution in [2.75, 3.05) is 9.14 Å². The monoisotopic (exact) mass is 475 g/mol. The van der Waals surface area contributed by atoms with Crippen molar-refractivity contribution in [2.45, 2.75) is 31.3 Å². The molecule has 4 N–H and O–H groups in total. The molecule has 0 unspecified atom stereocenters. The predicted octanol–water partition coefficient (Wildman–Crippen LogP) is 3.84. The average molecular weight is 476 g/mol. The second-order valence-electron chi connectivity index (χ2n) is 7.90. The quantitative estimate of drug-likeness (QED) is 0.220. The number of rotatable bonds is 5. The van der Waals surface area contributed by atoms with E-state index < -0.39 is 27.6 Å². The third kappa shape index (κ3) is 5.27. The highest BCUT2D eigenvalue weighted by atomic mass is 35.5. The first-order valence-corrected chi connectivity index (χ1v) is 11.2. The Labute approximate surface area is 190 Å². The maximum absolute atomic E-state index is 12.9. The maximum Gasteiger partial charge on any atom is 0.338 e. The summed E-state index contributed by atoms with van der Waals surface area (Å²) in [6, 6.07) is 10.4. The Kier molecular flexibility index (Phi) is 6.29. The van der Waals surface area contributed by atoms with Gasteiger partial charge in [0.1, 0.15) is 5.60 Å². The number of aromatic nitrogens is 1. The first kappa shape index (κ1) is 23.3. The second kappa shape index (κ2) is 8.64. The predicted molar refractivity (Wildman–Crippen MR) is 124 cm³/mol. The van der Waals surface area contributed by atoms with Crippen LogP contribution in [-0.4, -0.2) is 30.9 Å². The molecule has 0 aliphatic rings. The lowest BCUT2D eigenvalue weighted by molar-refractivity contribution is 0.00695. The molecule has 3 rings (SSSR count). The van der Waals surface area contributed by atoms with Crippen molar-refractivity contribution >= 4 is 55.9 Å². The first-order valence-electron chi connectivity index (χ1n) is 9.41. The molecule has 0 aliphatic carbocycles. The van der Waals surface area contributed by atoms with E-state index in [9.17, 15) is 13.2 Å². The largest absolute Gasteiger partial charge is 0.456 e. The number of benzene rings is 2. The van der Waals surface area contributed by atoms with Crippen LogP contribution in [0.4, 0.5) is 11.4 Å². The number of pyridine rings is 1. The summed E-state index contributed by atoms with van der Waals surface area (Å²) in [6.45, 7) is 5.24. The van der Waals surface area contributed by atoms with Crippen molar-refractivity contribution in [3.63, 3.8) is 0 Å². The first-order chi connectivity index (χ1) is 14.9. The van der Waals surface area contributed by atoms with Gasteiger partial charge in [-0.2, -0.15) is 0 Å². The number of hydrogen-bond donors (Lipinski definition) is 3. The maximum atomic E-state index is 12.9. The Morgan fingerprint density at radius 3 is 2.56 bits per heavy atom. The van der Waals surface area contributed by atoms with E-state index in [0.717, 1.165) is 4.42 Å². The minimum atomic E-state index is -3.98.